The third kappa shape index (κ3) is 6.38. The second kappa shape index (κ2) is 10.6. The molecule has 0 atom stereocenters. The first kappa shape index (κ1) is 22.9. The van der Waals surface area contributed by atoms with Crippen LogP contribution in [0.5, 0.6) is 5.75 Å². The summed E-state index contributed by atoms with van der Waals surface area (Å²) in [5.41, 5.74) is 2.51. The Morgan fingerprint density at radius 2 is 1.61 bits per heavy atom. The van der Waals surface area contributed by atoms with E-state index in [0.717, 1.165) is 22.9 Å². The molecule has 0 saturated carbocycles. The van der Waals surface area contributed by atoms with Crippen LogP contribution in [0.15, 0.2) is 82.9 Å². The van der Waals surface area contributed by atoms with Crippen molar-refractivity contribution in [3.8, 4) is 17.1 Å². The molecule has 0 aliphatic carbocycles. The molecule has 6 nitrogen and oxygen atoms in total. The van der Waals surface area contributed by atoms with Crippen LogP contribution in [-0.2, 0) is 11.4 Å². The SMILES string of the molecule is O=C(O)/C(=C/c1ccc(OCc2ccc(Cl)cc2)cc1)Sc1n[nH]c(-c2ccc(Cl)cc2)n1. The van der Waals surface area contributed by atoms with Gasteiger partial charge in [-0.15, -0.1) is 5.10 Å². The number of carbonyl (C=O) groups is 1. The van der Waals surface area contributed by atoms with Crippen LogP contribution in [-0.4, -0.2) is 26.3 Å². The number of rotatable bonds is 8. The van der Waals surface area contributed by atoms with E-state index in [1.807, 2.05) is 36.4 Å². The number of halogens is 2. The van der Waals surface area contributed by atoms with E-state index in [1.54, 1.807) is 42.5 Å². The topological polar surface area (TPSA) is 88.1 Å². The number of aromatic amines is 1. The molecule has 0 aliphatic heterocycles. The number of benzene rings is 3. The van der Waals surface area contributed by atoms with Crippen LogP contribution in [0.2, 0.25) is 10.0 Å². The molecule has 4 aromatic rings. The fraction of sp³-hybridized carbons (Fsp3) is 0.0417. The molecule has 0 bridgehead atoms. The fourth-order valence-electron chi connectivity index (χ4n) is 2.82. The molecule has 2 N–H and O–H groups in total. The summed E-state index contributed by atoms with van der Waals surface area (Å²) in [5, 5.41) is 18.2. The van der Waals surface area contributed by atoms with Crippen LogP contribution >= 0.6 is 35.0 Å². The zero-order chi connectivity index (χ0) is 23.2. The molecule has 0 fully saturated rings. The molecule has 9 heteroatoms. The van der Waals surface area contributed by atoms with E-state index in [0.29, 0.717) is 38.9 Å². The zero-order valence-electron chi connectivity index (χ0n) is 17.0. The van der Waals surface area contributed by atoms with E-state index in [9.17, 15) is 9.90 Å². The largest absolute Gasteiger partial charge is 0.489 e. The zero-order valence-corrected chi connectivity index (χ0v) is 19.4. The number of nitrogens with zero attached hydrogens (tertiary/aromatic N) is 2. The summed E-state index contributed by atoms with van der Waals surface area (Å²) in [7, 11) is 0. The predicted molar refractivity (Wildman–Crippen MR) is 131 cm³/mol. The van der Waals surface area contributed by atoms with Crippen molar-refractivity contribution in [1.29, 1.82) is 0 Å². The maximum absolute atomic E-state index is 11.8. The molecular weight excluding hydrogens is 481 g/mol. The lowest BCUT2D eigenvalue weighted by Gasteiger charge is -2.07. The minimum Gasteiger partial charge on any atom is -0.489 e. The third-order valence-corrected chi connectivity index (χ3v) is 5.87. The Kier molecular flexibility index (Phi) is 7.34. The molecule has 0 unspecified atom stereocenters. The lowest BCUT2D eigenvalue weighted by Crippen LogP contribution is -1.97. The number of aromatic nitrogens is 3. The minimum absolute atomic E-state index is 0.0893. The van der Waals surface area contributed by atoms with E-state index >= 15 is 0 Å². The number of carboxylic acid groups (broad SMARTS) is 1. The number of thioether (sulfide) groups is 1. The molecule has 0 aliphatic rings. The molecular formula is C24H17Cl2N3O3S. The van der Waals surface area contributed by atoms with Crippen molar-refractivity contribution < 1.29 is 14.6 Å². The van der Waals surface area contributed by atoms with Crippen molar-refractivity contribution in [3.63, 3.8) is 0 Å². The smallest absolute Gasteiger partial charge is 0.342 e. The molecule has 1 aromatic heterocycles. The Balaban J connectivity index is 1.43. The highest BCUT2D eigenvalue weighted by Crippen LogP contribution is 2.28. The van der Waals surface area contributed by atoms with Crippen molar-refractivity contribution in [2.75, 3.05) is 0 Å². The lowest BCUT2D eigenvalue weighted by molar-refractivity contribution is -0.131. The molecule has 0 spiro atoms. The minimum atomic E-state index is -1.07. The lowest BCUT2D eigenvalue weighted by atomic mass is 10.2. The number of ether oxygens (including phenoxy) is 1. The third-order valence-electron chi connectivity index (χ3n) is 4.49. The first-order valence-electron chi connectivity index (χ1n) is 9.75. The van der Waals surface area contributed by atoms with Gasteiger partial charge in [0.25, 0.3) is 0 Å². The van der Waals surface area contributed by atoms with Crippen molar-refractivity contribution in [1.82, 2.24) is 15.2 Å². The van der Waals surface area contributed by atoms with E-state index in [1.165, 1.54) is 0 Å². The van der Waals surface area contributed by atoms with Gasteiger partial charge >= 0.3 is 5.97 Å². The second-order valence-corrected chi connectivity index (χ2v) is 8.76. The number of H-pyrrole nitrogens is 1. The summed E-state index contributed by atoms with van der Waals surface area (Å²) in [6.07, 6.45) is 1.56. The summed E-state index contributed by atoms with van der Waals surface area (Å²) in [6.45, 7) is 0.406. The van der Waals surface area contributed by atoms with Crippen LogP contribution in [0.25, 0.3) is 17.5 Å². The summed E-state index contributed by atoms with van der Waals surface area (Å²) < 4.78 is 5.77. The van der Waals surface area contributed by atoms with Gasteiger partial charge in [-0.2, -0.15) is 0 Å². The summed E-state index contributed by atoms with van der Waals surface area (Å²) >= 11 is 12.8. The summed E-state index contributed by atoms with van der Waals surface area (Å²) in [6, 6.07) is 21.7. The first-order valence-corrected chi connectivity index (χ1v) is 11.3. The number of nitrogens with one attached hydrogen (secondary N) is 1. The molecule has 3 aromatic carbocycles. The highest BCUT2D eigenvalue weighted by molar-refractivity contribution is 8.04. The van der Waals surface area contributed by atoms with Crippen molar-refractivity contribution >= 4 is 47.0 Å². The Labute approximate surface area is 204 Å². The first-order chi connectivity index (χ1) is 16.0. The van der Waals surface area contributed by atoms with E-state index in [2.05, 4.69) is 15.2 Å². The summed E-state index contributed by atoms with van der Waals surface area (Å²) in [4.78, 5) is 16.2. The Morgan fingerprint density at radius 1 is 0.970 bits per heavy atom. The van der Waals surface area contributed by atoms with E-state index < -0.39 is 5.97 Å². The average molecular weight is 498 g/mol. The number of carboxylic acids is 1. The van der Waals surface area contributed by atoms with Crippen LogP contribution < -0.4 is 4.74 Å². The normalized spacial score (nSPS) is 11.4. The standard InChI is InChI=1S/C24H17Cl2N3O3S/c25-18-7-1-16(2-8-18)14-32-20-11-3-15(4-12-20)13-21(23(30)31)33-24-27-22(28-29-24)17-5-9-19(26)10-6-17/h1-13H,14H2,(H,30,31)(H,27,28,29)/b21-13-. The number of hydrogen-bond donors (Lipinski definition) is 2. The van der Waals surface area contributed by atoms with Gasteiger partial charge < -0.3 is 9.84 Å². The van der Waals surface area contributed by atoms with Gasteiger partial charge in [0.15, 0.2) is 5.82 Å². The second-order valence-electron chi connectivity index (χ2n) is 6.87. The van der Waals surface area contributed by atoms with Crippen LogP contribution in [0.4, 0.5) is 0 Å². The number of hydrogen-bond acceptors (Lipinski definition) is 5. The van der Waals surface area contributed by atoms with Gasteiger partial charge in [0.2, 0.25) is 5.16 Å². The van der Waals surface area contributed by atoms with Gasteiger partial charge in [0.1, 0.15) is 17.3 Å². The molecule has 166 valence electrons. The van der Waals surface area contributed by atoms with Gasteiger partial charge in [0, 0.05) is 15.6 Å². The van der Waals surface area contributed by atoms with Crippen LogP contribution in [0.1, 0.15) is 11.1 Å². The van der Waals surface area contributed by atoms with E-state index in [-0.39, 0.29) is 4.91 Å². The fourth-order valence-corrected chi connectivity index (χ4v) is 3.78. The van der Waals surface area contributed by atoms with Crippen LogP contribution in [0, 0.1) is 0 Å². The molecule has 0 saturated heterocycles. The van der Waals surface area contributed by atoms with Crippen molar-refractivity contribution in [3.05, 3.63) is 98.9 Å². The summed E-state index contributed by atoms with van der Waals surface area (Å²) in [5.74, 6) is 0.134. The average Bonchev–Trinajstić information content (AvgIpc) is 3.28. The molecule has 4 rings (SSSR count). The molecule has 0 radical (unpaired) electrons. The Bertz CT molecular complexity index is 1270. The molecule has 33 heavy (non-hydrogen) atoms. The van der Waals surface area contributed by atoms with Gasteiger partial charge in [-0.3, -0.25) is 5.10 Å². The maximum Gasteiger partial charge on any atom is 0.342 e. The van der Waals surface area contributed by atoms with Crippen LogP contribution in [0.3, 0.4) is 0 Å². The van der Waals surface area contributed by atoms with Gasteiger partial charge in [-0.25, -0.2) is 9.78 Å². The highest BCUT2D eigenvalue weighted by Gasteiger charge is 2.14. The Morgan fingerprint density at radius 3 is 2.24 bits per heavy atom. The van der Waals surface area contributed by atoms with Gasteiger partial charge in [0.05, 0.1) is 0 Å². The molecule has 0 amide bonds. The number of aliphatic carboxylic acids is 1. The quantitative estimate of drug-likeness (QED) is 0.211. The highest BCUT2D eigenvalue weighted by atomic mass is 35.5. The predicted octanol–water partition coefficient (Wildman–Crippen LogP) is 6.58. The maximum atomic E-state index is 11.8. The van der Waals surface area contributed by atoms with E-state index in [4.69, 9.17) is 27.9 Å². The Hall–Kier alpha value is -3.26. The van der Waals surface area contributed by atoms with Crippen molar-refractivity contribution in [2.45, 2.75) is 11.8 Å². The van der Waals surface area contributed by atoms with Crippen molar-refractivity contribution in [2.24, 2.45) is 0 Å². The monoisotopic (exact) mass is 497 g/mol. The molecule has 1 heterocycles. The van der Waals surface area contributed by atoms with Gasteiger partial charge in [-0.05, 0) is 77.5 Å². The van der Waals surface area contributed by atoms with Gasteiger partial charge in [-0.1, -0.05) is 47.5 Å².